The minimum atomic E-state index is -0.774. The van der Waals surface area contributed by atoms with E-state index in [0.29, 0.717) is 6.41 Å². The van der Waals surface area contributed by atoms with Crippen LogP contribution in [-0.2, 0) is 4.79 Å². The van der Waals surface area contributed by atoms with Crippen LogP contribution in [0.1, 0.15) is 0 Å². The molecular weight excluding hydrogens is 73.0 g/mol. The number of carbonyl (C=O) groups excluding carboxylic acids is 1. The van der Waals surface area contributed by atoms with Crippen molar-refractivity contribution in [1.29, 1.82) is 0 Å². The number of nitrogens with one attached hydrogen (secondary N) is 1. The van der Waals surface area contributed by atoms with E-state index >= 15 is 0 Å². The Bertz CT molecular complexity index is 30.8. The van der Waals surface area contributed by atoms with Gasteiger partial charge in [0.2, 0.25) is 6.41 Å². The SMILES string of the molecule is O=CNCF. The molecule has 0 fully saturated rings. The average molecular weight is 77.1 g/mol. The van der Waals surface area contributed by atoms with Gasteiger partial charge in [-0.3, -0.25) is 4.79 Å². The maximum atomic E-state index is 10.7. The van der Waals surface area contributed by atoms with E-state index in [1.165, 1.54) is 0 Å². The molecule has 0 heterocycles. The Morgan fingerprint density at radius 1 is 2.00 bits per heavy atom. The standard InChI is InChI=1S/C2H4FNO/c3-1-4-2-5/h2H,1H2,(H,4,5). The van der Waals surface area contributed by atoms with Gasteiger partial charge in [-0.1, -0.05) is 0 Å². The Morgan fingerprint density at radius 2 is 2.60 bits per heavy atom. The summed E-state index contributed by atoms with van der Waals surface area (Å²) < 4.78 is 10.7. The summed E-state index contributed by atoms with van der Waals surface area (Å²) in [5.41, 5.74) is 0. The van der Waals surface area contributed by atoms with E-state index in [1.807, 2.05) is 0 Å². The van der Waals surface area contributed by atoms with Crippen molar-refractivity contribution in [1.82, 2.24) is 5.32 Å². The molecule has 0 saturated heterocycles. The number of alkyl halides is 1. The molecule has 0 unspecified atom stereocenters. The van der Waals surface area contributed by atoms with Gasteiger partial charge >= 0.3 is 0 Å². The van der Waals surface area contributed by atoms with Crippen LogP contribution in [0.25, 0.3) is 0 Å². The highest BCUT2D eigenvalue weighted by atomic mass is 19.1. The van der Waals surface area contributed by atoms with Crippen LogP contribution in [0.4, 0.5) is 4.39 Å². The Labute approximate surface area is 29.0 Å². The van der Waals surface area contributed by atoms with Crippen LogP contribution < -0.4 is 5.32 Å². The molecule has 0 aromatic heterocycles. The van der Waals surface area contributed by atoms with Gasteiger partial charge in [0.1, 0.15) is 0 Å². The molecule has 0 spiro atoms. The number of hydrogen-bond acceptors (Lipinski definition) is 1. The molecule has 30 valence electrons. The predicted molar refractivity (Wildman–Crippen MR) is 15.2 cm³/mol. The highest BCUT2D eigenvalue weighted by molar-refractivity contribution is 5.45. The van der Waals surface area contributed by atoms with Gasteiger partial charge in [-0.05, 0) is 0 Å². The lowest BCUT2D eigenvalue weighted by molar-refractivity contribution is -0.110. The van der Waals surface area contributed by atoms with Crippen LogP contribution in [-0.4, -0.2) is 13.2 Å². The zero-order valence-electron chi connectivity index (χ0n) is 2.57. The minimum Gasteiger partial charge on any atom is -0.332 e. The first kappa shape index (κ1) is 4.40. The van der Waals surface area contributed by atoms with Crippen molar-refractivity contribution in [3.8, 4) is 0 Å². The maximum Gasteiger partial charge on any atom is 0.209 e. The van der Waals surface area contributed by atoms with Crippen LogP contribution in [0.15, 0.2) is 0 Å². The monoisotopic (exact) mass is 77.0 g/mol. The van der Waals surface area contributed by atoms with Crippen LogP contribution in [0.3, 0.4) is 0 Å². The smallest absolute Gasteiger partial charge is 0.209 e. The lowest BCUT2D eigenvalue weighted by Crippen LogP contribution is -2.06. The van der Waals surface area contributed by atoms with Gasteiger partial charge in [0, 0.05) is 0 Å². The van der Waals surface area contributed by atoms with E-state index in [4.69, 9.17) is 4.79 Å². The Balaban J connectivity index is 2.40. The van der Waals surface area contributed by atoms with Gasteiger partial charge in [0.15, 0.2) is 6.80 Å². The summed E-state index contributed by atoms with van der Waals surface area (Å²) in [7, 11) is 0. The molecule has 0 aliphatic rings. The van der Waals surface area contributed by atoms with Gasteiger partial charge < -0.3 is 5.32 Å². The molecule has 0 aromatic rings. The molecule has 0 aliphatic carbocycles. The summed E-state index contributed by atoms with van der Waals surface area (Å²) in [6, 6.07) is 0. The Kier molecular flexibility index (Phi) is 2.99. The molecule has 1 N–H and O–H groups in total. The average Bonchev–Trinajstić information content (AvgIpc) is 1.41. The normalized spacial score (nSPS) is 6.60. The minimum absolute atomic E-state index is 0.306. The first-order valence-electron chi connectivity index (χ1n) is 1.15. The second-order valence-electron chi connectivity index (χ2n) is 0.456. The molecule has 0 rings (SSSR count). The third-order valence-electron chi connectivity index (χ3n) is 0.160. The zero-order valence-corrected chi connectivity index (χ0v) is 2.57. The third-order valence-corrected chi connectivity index (χ3v) is 0.160. The first-order valence-corrected chi connectivity index (χ1v) is 1.15. The fourth-order valence-corrected chi connectivity index (χ4v) is 0.0315. The molecule has 0 bridgehead atoms. The molecule has 3 heteroatoms. The molecule has 0 saturated carbocycles. The second kappa shape index (κ2) is 3.40. The summed E-state index contributed by atoms with van der Waals surface area (Å²) in [6.45, 7) is -0.774. The Hall–Kier alpha value is -0.600. The Morgan fingerprint density at radius 3 is 2.60 bits per heavy atom. The van der Waals surface area contributed by atoms with E-state index in [9.17, 15) is 4.39 Å². The second-order valence-corrected chi connectivity index (χ2v) is 0.456. The largest absolute Gasteiger partial charge is 0.332 e. The quantitative estimate of drug-likeness (QED) is 0.354. The predicted octanol–water partition coefficient (Wildman–Crippen LogP) is -0.341. The van der Waals surface area contributed by atoms with Gasteiger partial charge in [-0.15, -0.1) is 0 Å². The number of amides is 1. The van der Waals surface area contributed by atoms with E-state index in [1.54, 1.807) is 5.32 Å². The number of hydrogen-bond donors (Lipinski definition) is 1. The highest BCUT2D eigenvalue weighted by Crippen LogP contribution is 1.45. The van der Waals surface area contributed by atoms with Crippen molar-refractivity contribution in [2.45, 2.75) is 0 Å². The van der Waals surface area contributed by atoms with Crippen molar-refractivity contribution in [2.75, 3.05) is 6.80 Å². The van der Waals surface area contributed by atoms with Crippen LogP contribution in [0, 0.1) is 0 Å². The summed E-state index contributed by atoms with van der Waals surface area (Å²) in [4.78, 5) is 9.05. The molecule has 5 heavy (non-hydrogen) atoms. The number of carbonyl (C=O) groups is 1. The van der Waals surface area contributed by atoms with Gasteiger partial charge in [-0.25, -0.2) is 4.39 Å². The molecule has 0 radical (unpaired) electrons. The van der Waals surface area contributed by atoms with Crippen molar-refractivity contribution in [3.05, 3.63) is 0 Å². The molecule has 1 amide bonds. The maximum absolute atomic E-state index is 10.7. The van der Waals surface area contributed by atoms with Crippen molar-refractivity contribution in [3.63, 3.8) is 0 Å². The summed E-state index contributed by atoms with van der Waals surface area (Å²) >= 11 is 0. The van der Waals surface area contributed by atoms with Crippen molar-refractivity contribution >= 4 is 6.41 Å². The molecule has 0 aromatic carbocycles. The van der Waals surface area contributed by atoms with Crippen LogP contribution in [0.5, 0.6) is 0 Å². The fraction of sp³-hybridized carbons (Fsp3) is 0.500. The lowest BCUT2D eigenvalue weighted by atomic mass is 11.2. The number of rotatable bonds is 2. The van der Waals surface area contributed by atoms with E-state index in [-0.39, 0.29) is 0 Å². The van der Waals surface area contributed by atoms with Crippen LogP contribution in [0.2, 0.25) is 0 Å². The van der Waals surface area contributed by atoms with Crippen molar-refractivity contribution < 1.29 is 9.18 Å². The zero-order chi connectivity index (χ0) is 4.12. The third kappa shape index (κ3) is 3.40. The van der Waals surface area contributed by atoms with Gasteiger partial charge in [0.25, 0.3) is 0 Å². The first-order chi connectivity index (χ1) is 2.41. The van der Waals surface area contributed by atoms with Crippen LogP contribution >= 0.6 is 0 Å². The van der Waals surface area contributed by atoms with E-state index in [2.05, 4.69) is 0 Å². The number of halogens is 1. The fourth-order valence-electron chi connectivity index (χ4n) is 0.0315. The van der Waals surface area contributed by atoms with Crippen molar-refractivity contribution in [2.24, 2.45) is 0 Å². The van der Waals surface area contributed by atoms with Gasteiger partial charge in [0.05, 0.1) is 0 Å². The molecule has 2 nitrogen and oxygen atoms in total. The summed E-state index contributed by atoms with van der Waals surface area (Å²) in [6.07, 6.45) is 0.306. The summed E-state index contributed by atoms with van der Waals surface area (Å²) in [5.74, 6) is 0. The van der Waals surface area contributed by atoms with Gasteiger partial charge in [-0.2, -0.15) is 0 Å². The molecule has 0 aliphatic heterocycles. The summed E-state index contributed by atoms with van der Waals surface area (Å²) in [5, 5.41) is 1.76. The topological polar surface area (TPSA) is 29.1 Å². The molecule has 0 atom stereocenters. The van der Waals surface area contributed by atoms with E-state index in [0.717, 1.165) is 0 Å². The lowest BCUT2D eigenvalue weighted by Gasteiger charge is -1.75. The van der Waals surface area contributed by atoms with E-state index < -0.39 is 6.80 Å². The molecular formula is C2H4FNO. The highest BCUT2D eigenvalue weighted by Gasteiger charge is 1.62.